The van der Waals surface area contributed by atoms with Crippen molar-refractivity contribution >= 4 is 23.5 Å². The Morgan fingerprint density at radius 1 is 1.15 bits per heavy atom. The summed E-state index contributed by atoms with van der Waals surface area (Å²) in [5.74, 6) is 2.07. The standard InChI is InChI=1S/C15H12ClNO3/c1-18-13-7-15-14(19-9-20-15)6-10(13)8-17-12-4-2-11(16)3-5-12/h2-8H,9H2,1H3. The molecular weight excluding hydrogens is 278 g/mol. The number of benzene rings is 2. The number of nitrogens with zero attached hydrogens (tertiary/aromatic N) is 1. The molecule has 3 rings (SSSR count). The van der Waals surface area contributed by atoms with Gasteiger partial charge in [0.2, 0.25) is 6.79 Å². The summed E-state index contributed by atoms with van der Waals surface area (Å²) >= 11 is 5.84. The average Bonchev–Trinajstić information content (AvgIpc) is 2.92. The lowest BCUT2D eigenvalue weighted by Crippen LogP contribution is -1.92. The average molecular weight is 290 g/mol. The molecule has 0 fully saturated rings. The number of hydrogen-bond donors (Lipinski definition) is 0. The Morgan fingerprint density at radius 3 is 2.55 bits per heavy atom. The van der Waals surface area contributed by atoms with E-state index in [0.717, 1.165) is 11.3 Å². The Morgan fingerprint density at radius 2 is 1.85 bits per heavy atom. The number of rotatable bonds is 3. The Kier molecular flexibility index (Phi) is 3.48. The van der Waals surface area contributed by atoms with E-state index < -0.39 is 0 Å². The summed E-state index contributed by atoms with van der Waals surface area (Å²) in [4.78, 5) is 4.39. The molecule has 0 N–H and O–H groups in total. The van der Waals surface area contributed by atoms with Crippen molar-refractivity contribution in [3.63, 3.8) is 0 Å². The highest BCUT2D eigenvalue weighted by atomic mass is 35.5. The maximum atomic E-state index is 5.84. The van der Waals surface area contributed by atoms with Crippen molar-refractivity contribution in [3.8, 4) is 17.2 Å². The molecule has 0 bridgehead atoms. The van der Waals surface area contributed by atoms with Crippen LogP contribution in [0.3, 0.4) is 0 Å². The molecule has 0 saturated heterocycles. The molecule has 0 spiro atoms. The molecule has 0 aromatic heterocycles. The summed E-state index contributed by atoms with van der Waals surface area (Å²) in [6.07, 6.45) is 1.73. The van der Waals surface area contributed by atoms with Crippen LogP contribution in [-0.4, -0.2) is 20.1 Å². The van der Waals surface area contributed by atoms with Gasteiger partial charge >= 0.3 is 0 Å². The van der Waals surface area contributed by atoms with Crippen molar-refractivity contribution in [1.82, 2.24) is 0 Å². The predicted molar refractivity (Wildman–Crippen MR) is 77.8 cm³/mol. The molecule has 0 saturated carbocycles. The fourth-order valence-corrected chi connectivity index (χ4v) is 2.01. The predicted octanol–water partition coefficient (Wildman–Crippen LogP) is 3.83. The van der Waals surface area contributed by atoms with Gasteiger partial charge in [0.1, 0.15) is 5.75 Å². The molecule has 1 aliphatic heterocycles. The van der Waals surface area contributed by atoms with Crippen LogP contribution in [0.4, 0.5) is 5.69 Å². The van der Waals surface area contributed by atoms with Gasteiger partial charge in [0.15, 0.2) is 11.5 Å². The molecule has 0 aliphatic carbocycles. The van der Waals surface area contributed by atoms with Gasteiger partial charge in [-0.05, 0) is 30.3 Å². The minimum atomic E-state index is 0.232. The largest absolute Gasteiger partial charge is 0.496 e. The van der Waals surface area contributed by atoms with Crippen LogP contribution in [0.15, 0.2) is 41.4 Å². The van der Waals surface area contributed by atoms with Gasteiger partial charge in [0.25, 0.3) is 0 Å². The molecule has 20 heavy (non-hydrogen) atoms. The van der Waals surface area contributed by atoms with Gasteiger partial charge in [-0.15, -0.1) is 0 Å². The Bertz CT molecular complexity index is 653. The zero-order valence-corrected chi connectivity index (χ0v) is 11.6. The van der Waals surface area contributed by atoms with Crippen LogP contribution in [0.1, 0.15) is 5.56 Å². The first-order valence-corrected chi connectivity index (χ1v) is 6.41. The van der Waals surface area contributed by atoms with E-state index in [1.165, 1.54) is 0 Å². The third kappa shape index (κ3) is 2.56. The maximum absolute atomic E-state index is 5.84. The monoisotopic (exact) mass is 289 g/mol. The maximum Gasteiger partial charge on any atom is 0.231 e. The number of methoxy groups -OCH3 is 1. The molecule has 0 radical (unpaired) electrons. The van der Waals surface area contributed by atoms with Crippen LogP contribution in [0.5, 0.6) is 17.2 Å². The summed E-state index contributed by atoms with van der Waals surface area (Å²) in [6, 6.07) is 10.9. The first kappa shape index (κ1) is 12.8. The van der Waals surface area contributed by atoms with E-state index in [1.807, 2.05) is 18.2 Å². The fraction of sp³-hybridized carbons (Fsp3) is 0.133. The van der Waals surface area contributed by atoms with E-state index in [4.69, 9.17) is 25.8 Å². The fourth-order valence-electron chi connectivity index (χ4n) is 1.89. The first-order chi connectivity index (χ1) is 9.76. The van der Waals surface area contributed by atoms with Gasteiger partial charge in [0.05, 0.1) is 12.8 Å². The molecule has 5 heteroatoms. The van der Waals surface area contributed by atoms with Gasteiger partial charge in [-0.25, -0.2) is 0 Å². The summed E-state index contributed by atoms with van der Waals surface area (Å²) in [5.41, 5.74) is 1.64. The molecule has 0 amide bonds. The number of fused-ring (bicyclic) bond motifs is 1. The molecule has 2 aromatic rings. The zero-order valence-electron chi connectivity index (χ0n) is 10.8. The molecule has 0 unspecified atom stereocenters. The van der Waals surface area contributed by atoms with Gasteiger partial charge in [0, 0.05) is 22.9 Å². The van der Waals surface area contributed by atoms with Crippen molar-refractivity contribution in [2.75, 3.05) is 13.9 Å². The lowest BCUT2D eigenvalue weighted by Gasteiger charge is -2.06. The van der Waals surface area contributed by atoms with E-state index in [1.54, 1.807) is 31.5 Å². The number of halogens is 1. The second-order valence-corrected chi connectivity index (χ2v) is 4.62. The molecule has 1 aliphatic rings. The molecule has 0 atom stereocenters. The smallest absolute Gasteiger partial charge is 0.231 e. The summed E-state index contributed by atoms with van der Waals surface area (Å²) < 4.78 is 16.0. The highest BCUT2D eigenvalue weighted by Crippen LogP contribution is 2.37. The zero-order chi connectivity index (χ0) is 13.9. The summed E-state index contributed by atoms with van der Waals surface area (Å²) in [5, 5.41) is 0.685. The Labute approximate surface area is 121 Å². The van der Waals surface area contributed by atoms with E-state index in [0.29, 0.717) is 22.3 Å². The van der Waals surface area contributed by atoms with Crippen LogP contribution < -0.4 is 14.2 Å². The van der Waals surface area contributed by atoms with Gasteiger partial charge < -0.3 is 14.2 Å². The lowest BCUT2D eigenvalue weighted by atomic mass is 10.2. The number of hydrogen-bond acceptors (Lipinski definition) is 4. The molecule has 4 nitrogen and oxygen atoms in total. The van der Waals surface area contributed by atoms with Crippen molar-refractivity contribution in [2.45, 2.75) is 0 Å². The van der Waals surface area contributed by atoms with Gasteiger partial charge in [-0.3, -0.25) is 4.99 Å². The van der Waals surface area contributed by atoms with Crippen molar-refractivity contribution in [1.29, 1.82) is 0 Å². The van der Waals surface area contributed by atoms with Gasteiger partial charge in [-0.1, -0.05) is 11.6 Å². The molecule has 2 aromatic carbocycles. The van der Waals surface area contributed by atoms with Crippen molar-refractivity contribution in [2.24, 2.45) is 4.99 Å². The van der Waals surface area contributed by atoms with Crippen LogP contribution in [0, 0.1) is 0 Å². The van der Waals surface area contributed by atoms with E-state index in [2.05, 4.69) is 4.99 Å². The highest BCUT2D eigenvalue weighted by molar-refractivity contribution is 6.30. The van der Waals surface area contributed by atoms with Crippen LogP contribution in [-0.2, 0) is 0 Å². The summed E-state index contributed by atoms with van der Waals surface area (Å²) in [7, 11) is 1.61. The lowest BCUT2D eigenvalue weighted by molar-refractivity contribution is 0.174. The third-order valence-electron chi connectivity index (χ3n) is 2.90. The van der Waals surface area contributed by atoms with E-state index in [-0.39, 0.29) is 6.79 Å². The minimum absolute atomic E-state index is 0.232. The Balaban J connectivity index is 1.91. The molecule has 102 valence electrons. The highest BCUT2D eigenvalue weighted by Gasteiger charge is 2.16. The van der Waals surface area contributed by atoms with Crippen molar-refractivity contribution in [3.05, 3.63) is 47.0 Å². The topological polar surface area (TPSA) is 40.0 Å². The van der Waals surface area contributed by atoms with Crippen molar-refractivity contribution < 1.29 is 14.2 Å². The summed E-state index contributed by atoms with van der Waals surface area (Å²) in [6.45, 7) is 0.232. The number of ether oxygens (including phenoxy) is 3. The van der Waals surface area contributed by atoms with Gasteiger partial charge in [-0.2, -0.15) is 0 Å². The normalized spacial score (nSPS) is 12.9. The quantitative estimate of drug-likeness (QED) is 0.806. The third-order valence-corrected chi connectivity index (χ3v) is 3.16. The van der Waals surface area contributed by atoms with Crippen LogP contribution >= 0.6 is 11.6 Å². The molecule has 1 heterocycles. The van der Waals surface area contributed by atoms with Crippen LogP contribution in [0.25, 0.3) is 0 Å². The van der Waals surface area contributed by atoms with Crippen LogP contribution in [0.2, 0.25) is 5.02 Å². The van der Waals surface area contributed by atoms with E-state index in [9.17, 15) is 0 Å². The minimum Gasteiger partial charge on any atom is -0.496 e. The molecular formula is C15H12ClNO3. The first-order valence-electron chi connectivity index (χ1n) is 6.03. The SMILES string of the molecule is COc1cc2c(cc1C=Nc1ccc(Cl)cc1)OCO2. The van der Waals surface area contributed by atoms with E-state index >= 15 is 0 Å². The second kappa shape index (κ2) is 5.43. The second-order valence-electron chi connectivity index (χ2n) is 4.18. The number of aliphatic imine (C=N–C) groups is 1. The Hall–Kier alpha value is -2.20.